The van der Waals surface area contributed by atoms with Crippen LogP contribution in [-0.2, 0) is 5.41 Å². The fourth-order valence-electron chi connectivity index (χ4n) is 8.22. The molecule has 1 aliphatic carbocycles. The van der Waals surface area contributed by atoms with Gasteiger partial charge >= 0.3 is 0 Å². The third-order valence-corrected chi connectivity index (χ3v) is 10.8. The number of benzene rings is 6. The van der Waals surface area contributed by atoms with E-state index in [2.05, 4.69) is 123 Å². The first-order valence-electron chi connectivity index (χ1n) is 17.2. The Hall–Kier alpha value is -6.70. The van der Waals surface area contributed by atoms with Gasteiger partial charge < -0.3 is 0 Å². The van der Waals surface area contributed by atoms with Crippen LogP contribution in [0.25, 0.3) is 88.1 Å². The van der Waals surface area contributed by atoms with Gasteiger partial charge in [0, 0.05) is 50.3 Å². The van der Waals surface area contributed by atoms with E-state index in [1.54, 1.807) is 0 Å². The molecule has 10 rings (SSSR count). The molecule has 0 radical (unpaired) electrons. The molecule has 0 saturated carbocycles. The average molecular weight is 651 g/mol. The molecule has 3 aromatic heterocycles. The van der Waals surface area contributed by atoms with Gasteiger partial charge in [-0.2, -0.15) is 5.26 Å². The van der Waals surface area contributed by atoms with E-state index >= 15 is 0 Å². The molecule has 3 heterocycles. The molecule has 0 unspecified atom stereocenters. The zero-order valence-corrected chi connectivity index (χ0v) is 28.1. The molecule has 0 fully saturated rings. The summed E-state index contributed by atoms with van der Waals surface area (Å²) in [6.45, 7) is 4.51. The van der Waals surface area contributed by atoms with Crippen LogP contribution in [0.15, 0.2) is 146 Å². The molecule has 51 heavy (non-hydrogen) atoms. The van der Waals surface area contributed by atoms with Gasteiger partial charge in [0.05, 0.1) is 33.9 Å². The maximum atomic E-state index is 9.52. The SMILES string of the molecule is CC1(C)c2cc(C#N)ccc2-c2ccc(-c3ccc(-c4ccc5c(c4)nc(-c4ccccc4)c4c6cccnc6c6ncccc6c54)cc3)cc21. The van der Waals surface area contributed by atoms with E-state index < -0.39 is 0 Å². The quantitative estimate of drug-likeness (QED) is 0.179. The molecule has 1 aliphatic rings. The second kappa shape index (κ2) is 10.9. The van der Waals surface area contributed by atoms with Crippen molar-refractivity contribution in [2.75, 3.05) is 0 Å². The summed E-state index contributed by atoms with van der Waals surface area (Å²) in [6, 6.07) is 49.4. The van der Waals surface area contributed by atoms with E-state index in [9.17, 15) is 5.26 Å². The van der Waals surface area contributed by atoms with Gasteiger partial charge in [0.25, 0.3) is 0 Å². The Bertz CT molecular complexity index is 2940. The van der Waals surface area contributed by atoms with E-state index in [-0.39, 0.29) is 5.41 Å². The van der Waals surface area contributed by atoms with Crippen molar-refractivity contribution in [1.82, 2.24) is 15.0 Å². The van der Waals surface area contributed by atoms with Crippen molar-refractivity contribution in [3.63, 3.8) is 0 Å². The minimum absolute atomic E-state index is 0.182. The highest BCUT2D eigenvalue weighted by atomic mass is 14.7. The number of nitrogens with zero attached hydrogens (tertiary/aromatic N) is 4. The highest BCUT2D eigenvalue weighted by Gasteiger charge is 2.35. The standard InChI is InChI=1S/C47H30N4/c1-47(2)39-24-28(27-48)12-19-34(39)35-20-17-32(25-40(35)47)29-13-15-30(16-14-29)33-18-21-36-41(26-33)51-44(31-8-4-3-5-9-31)43-38-11-7-23-50-46(38)45-37(42(36)43)10-6-22-49-45/h3-26H,1-2H3. The van der Waals surface area contributed by atoms with Gasteiger partial charge in [-0.3, -0.25) is 9.97 Å². The lowest BCUT2D eigenvalue weighted by atomic mass is 9.81. The molecule has 4 heteroatoms. The van der Waals surface area contributed by atoms with Gasteiger partial charge in [0.15, 0.2) is 0 Å². The Morgan fingerprint density at radius 1 is 0.510 bits per heavy atom. The lowest BCUT2D eigenvalue weighted by Gasteiger charge is -2.22. The van der Waals surface area contributed by atoms with Gasteiger partial charge in [0.1, 0.15) is 0 Å². The summed E-state index contributed by atoms with van der Waals surface area (Å²) >= 11 is 0. The lowest BCUT2D eigenvalue weighted by molar-refractivity contribution is 0.660. The number of aromatic nitrogens is 3. The maximum absolute atomic E-state index is 9.52. The predicted molar refractivity (Wildman–Crippen MR) is 208 cm³/mol. The van der Waals surface area contributed by atoms with Crippen LogP contribution in [0.1, 0.15) is 30.5 Å². The largest absolute Gasteiger partial charge is 0.254 e. The Kier molecular flexibility index (Phi) is 6.25. The Labute approximate surface area is 295 Å². The maximum Gasteiger partial charge on any atom is 0.0991 e. The highest BCUT2D eigenvalue weighted by molar-refractivity contribution is 6.32. The fraction of sp³-hybridized carbons (Fsp3) is 0.0638. The fourth-order valence-corrected chi connectivity index (χ4v) is 8.22. The predicted octanol–water partition coefficient (Wildman–Crippen LogP) is 11.7. The van der Waals surface area contributed by atoms with Crippen LogP contribution in [0.2, 0.25) is 0 Å². The first-order valence-corrected chi connectivity index (χ1v) is 17.2. The minimum Gasteiger partial charge on any atom is -0.254 e. The number of nitriles is 1. The van der Waals surface area contributed by atoms with Crippen molar-refractivity contribution in [2.24, 2.45) is 0 Å². The molecule has 0 atom stereocenters. The van der Waals surface area contributed by atoms with Crippen LogP contribution in [0, 0.1) is 11.3 Å². The van der Waals surface area contributed by atoms with Crippen molar-refractivity contribution in [1.29, 1.82) is 5.26 Å². The summed E-state index contributed by atoms with van der Waals surface area (Å²) in [5.41, 5.74) is 14.8. The summed E-state index contributed by atoms with van der Waals surface area (Å²) in [5, 5.41) is 15.0. The minimum atomic E-state index is -0.182. The van der Waals surface area contributed by atoms with Crippen LogP contribution >= 0.6 is 0 Å². The zero-order chi connectivity index (χ0) is 34.3. The number of hydrogen-bond acceptors (Lipinski definition) is 4. The smallest absolute Gasteiger partial charge is 0.0991 e. The third-order valence-electron chi connectivity index (χ3n) is 10.8. The van der Waals surface area contributed by atoms with Gasteiger partial charge in [-0.1, -0.05) is 111 Å². The summed E-state index contributed by atoms with van der Waals surface area (Å²) in [7, 11) is 0. The molecule has 9 aromatic rings. The van der Waals surface area contributed by atoms with Crippen molar-refractivity contribution >= 4 is 43.5 Å². The van der Waals surface area contributed by atoms with Crippen LogP contribution in [0.5, 0.6) is 0 Å². The summed E-state index contributed by atoms with van der Waals surface area (Å²) in [5.74, 6) is 0. The number of hydrogen-bond donors (Lipinski definition) is 0. The molecule has 0 aliphatic heterocycles. The van der Waals surface area contributed by atoms with Crippen LogP contribution in [0.4, 0.5) is 0 Å². The molecule has 0 saturated heterocycles. The summed E-state index contributed by atoms with van der Waals surface area (Å²) < 4.78 is 0. The Morgan fingerprint density at radius 2 is 1.10 bits per heavy atom. The number of fused-ring (bicyclic) bond motifs is 11. The van der Waals surface area contributed by atoms with Crippen LogP contribution in [-0.4, -0.2) is 15.0 Å². The van der Waals surface area contributed by atoms with Gasteiger partial charge in [-0.25, -0.2) is 4.98 Å². The molecule has 0 amide bonds. The second-order valence-corrected chi connectivity index (χ2v) is 13.9. The van der Waals surface area contributed by atoms with Crippen molar-refractivity contribution < 1.29 is 0 Å². The number of rotatable bonds is 3. The van der Waals surface area contributed by atoms with Crippen LogP contribution < -0.4 is 0 Å². The van der Waals surface area contributed by atoms with E-state index in [1.807, 2.05) is 42.7 Å². The van der Waals surface area contributed by atoms with E-state index in [0.29, 0.717) is 5.56 Å². The van der Waals surface area contributed by atoms with Crippen LogP contribution in [0.3, 0.4) is 0 Å². The highest BCUT2D eigenvalue weighted by Crippen LogP contribution is 2.50. The molecule has 0 spiro atoms. The first kappa shape index (κ1) is 29.2. The molecular formula is C47H30N4. The van der Waals surface area contributed by atoms with Gasteiger partial charge in [-0.05, 0) is 80.9 Å². The summed E-state index contributed by atoms with van der Waals surface area (Å²) in [6.07, 6.45) is 3.69. The van der Waals surface area contributed by atoms with Gasteiger partial charge in [-0.15, -0.1) is 0 Å². The molecule has 238 valence electrons. The van der Waals surface area contributed by atoms with E-state index in [0.717, 1.165) is 65.9 Å². The molecular weight excluding hydrogens is 621 g/mol. The molecule has 6 aromatic carbocycles. The zero-order valence-electron chi connectivity index (χ0n) is 28.1. The molecule has 0 bridgehead atoms. The molecule has 4 nitrogen and oxygen atoms in total. The summed E-state index contributed by atoms with van der Waals surface area (Å²) in [4.78, 5) is 15.0. The molecule has 0 N–H and O–H groups in total. The Morgan fingerprint density at radius 3 is 1.78 bits per heavy atom. The van der Waals surface area contributed by atoms with E-state index in [1.165, 1.54) is 33.4 Å². The van der Waals surface area contributed by atoms with Crippen molar-refractivity contribution in [3.05, 3.63) is 163 Å². The van der Waals surface area contributed by atoms with E-state index in [4.69, 9.17) is 15.0 Å². The first-order chi connectivity index (χ1) is 25.0. The van der Waals surface area contributed by atoms with Gasteiger partial charge in [0.2, 0.25) is 0 Å². The van der Waals surface area contributed by atoms with Crippen molar-refractivity contribution in [3.8, 4) is 50.7 Å². The second-order valence-electron chi connectivity index (χ2n) is 13.9. The lowest BCUT2D eigenvalue weighted by Crippen LogP contribution is -2.15. The number of pyridine rings is 3. The Balaban J connectivity index is 1.10. The monoisotopic (exact) mass is 650 g/mol. The normalized spacial score (nSPS) is 13.0. The average Bonchev–Trinajstić information content (AvgIpc) is 3.42. The topological polar surface area (TPSA) is 62.5 Å². The van der Waals surface area contributed by atoms with Crippen molar-refractivity contribution in [2.45, 2.75) is 19.3 Å². The third kappa shape index (κ3) is 4.35.